The van der Waals surface area contributed by atoms with Crippen molar-refractivity contribution in [3.63, 3.8) is 0 Å². The Hall–Kier alpha value is -1.41. The summed E-state index contributed by atoms with van der Waals surface area (Å²) in [5, 5.41) is 19.1. The van der Waals surface area contributed by atoms with E-state index < -0.39 is 30.0 Å². The van der Waals surface area contributed by atoms with Crippen molar-refractivity contribution in [2.24, 2.45) is 0 Å². The van der Waals surface area contributed by atoms with Crippen LogP contribution in [-0.2, 0) is 20.8 Å². The molecule has 0 radical (unpaired) electrons. The minimum Gasteiger partial charge on any atom is -0.548 e. The van der Waals surface area contributed by atoms with Gasteiger partial charge in [-0.3, -0.25) is 14.9 Å². The molecule has 1 saturated carbocycles. The summed E-state index contributed by atoms with van der Waals surface area (Å²) in [5.74, 6) is -2.02. The number of nitrogens with one attached hydrogen (secondary N) is 3. The summed E-state index contributed by atoms with van der Waals surface area (Å²) in [4.78, 5) is 35.8. The third-order valence-electron chi connectivity index (χ3n) is 4.99. The Kier molecular flexibility index (Phi) is 8.28. The van der Waals surface area contributed by atoms with Gasteiger partial charge in [-0.05, 0) is 18.4 Å². The van der Waals surface area contributed by atoms with E-state index >= 15 is 0 Å². The predicted molar refractivity (Wildman–Crippen MR) is 92.8 cm³/mol. The van der Waals surface area contributed by atoms with Crippen LogP contribution in [0.15, 0.2) is 30.3 Å². The van der Waals surface area contributed by atoms with Crippen molar-refractivity contribution >= 4 is 17.8 Å². The Bertz CT molecular complexity index is 664. The normalized spacial score (nSPS) is 22.8. The Balaban J connectivity index is 0.00000261. The summed E-state index contributed by atoms with van der Waals surface area (Å²) in [6.07, 6.45) is 5.64. The molecule has 140 valence electrons. The first-order valence-electron chi connectivity index (χ1n) is 9.16. The predicted octanol–water partition coefficient (Wildman–Crippen LogP) is -3.74. The maximum atomic E-state index is 12.7. The molecule has 1 aliphatic heterocycles. The van der Waals surface area contributed by atoms with Crippen molar-refractivity contribution < 1.29 is 49.0 Å². The van der Waals surface area contributed by atoms with E-state index in [1.807, 2.05) is 30.3 Å². The number of carbonyl (C=O) groups excluding carboxylic acids is 3. The molecule has 1 aromatic rings. The van der Waals surface area contributed by atoms with Crippen molar-refractivity contribution in [1.29, 1.82) is 0 Å². The molecule has 0 unspecified atom stereocenters. The first-order chi connectivity index (χ1) is 12.5. The first kappa shape index (κ1) is 21.9. The summed E-state index contributed by atoms with van der Waals surface area (Å²) in [6, 6.07) is 7.02. The van der Waals surface area contributed by atoms with E-state index in [1.165, 1.54) is 6.42 Å². The van der Waals surface area contributed by atoms with Crippen LogP contribution >= 0.6 is 0 Å². The molecule has 3 rings (SSSR count). The first-order valence-corrected chi connectivity index (χ1v) is 9.16. The van der Waals surface area contributed by atoms with Gasteiger partial charge in [-0.25, -0.2) is 0 Å². The van der Waals surface area contributed by atoms with Crippen molar-refractivity contribution in [2.45, 2.75) is 62.7 Å². The third-order valence-corrected chi connectivity index (χ3v) is 4.99. The molecule has 0 bridgehead atoms. The maximum absolute atomic E-state index is 12.7. The molecule has 27 heavy (non-hydrogen) atoms. The van der Waals surface area contributed by atoms with Crippen LogP contribution in [0, 0.1) is 0 Å². The summed E-state index contributed by atoms with van der Waals surface area (Å²) < 4.78 is 0. The van der Waals surface area contributed by atoms with Crippen molar-refractivity contribution in [2.75, 3.05) is 0 Å². The second-order valence-corrected chi connectivity index (χ2v) is 7.04. The van der Waals surface area contributed by atoms with Crippen molar-refractivity contribution in [3.8, 4) is 0 Å². The van der Waals surface area contributed by atoms with Gasteiger partial charge in [0.1, 0.15) is 12.1 Å². The van der Waals surface area contributed by atoms with Gasteiger partial charge in [-0.2, -0.15) is 0 Å². The van der Waals surface area contributed by atoms with Crippen LogP contribution in [-0.4, -0.2) is 42.0 Å². The fraction of sp³-hybridized carbons (Fsp3) is 0.526. The van der Waals surface area contributed by atoms with E-state index in [9.17, 15) is 19.5 Å². The van der Waals surface area contributed by atoms with Gasteiger partial charge in [-0.1, -0.05) is 49.6 Å². The van der Waals surface area contributed by atoms with E-state index in [-0.39, 0.29) is 41.5 Å². The Morgan fingerprint density at radius 2 is 1.74 bits per heavy atom. The Morgan fingerprint density at radius 1 is 1.07 bits per heavy atom. The molecule has 1 aliphatic carbocycles. The smallest absolute Gasteiger partial charge is 0.548 e. The molecule has 1 heterocycles. The molecule has 7 nitrogen and oxygen atoms in total. The standard InChI is InChI=1S/C19H25N3O4.Na/c23-17(20-13-9-5-2-6-10-13)14(11-12-7-3-1-4-8-12)21-18(24)15-16(22-15)19(25)26;/h1,3-4,7-8,13-16,22H,2,5-6,9-11H2,(H,20,23)(H,21,24)(H,25,26);/q;+1/p-1/t14-,15-,16-;/m0./s1. The average molecular weight is 381 g/mol. The molecule has 2 fully saturated rings. The van der Waals surface area contributed by atoms with Gasteiger partial charge in [0.25, 0.3) is 0 Å². The van der Waals surface area contributed by atoms with E-state index in [0.29, 0.717) is 6.42 Å². The van der Waals surface area contributed by atoms with E-state index in [4.69, 9.17) is 0 Å². The number of hydrogen-bond acceptors (Lipinski definition) is 5. The minimum absolute atomic E-state index is 0. The molecular weight excluding hydrogens is 357 g/mol. The monoisotopic (exact) mass is 381 g/mol. The van der Waals surface area contributed by atoms with Gasteiger partial charge in [0, 0.05) is 12.5 Å². The summed E-state index contributed by atoms with van der Waals surface area (Å²) >= 11 is 0. The molecule has 0 aromatic heterocycles. The number of benzene rings is 1. The fourth-order valence-corrected chi connectivity index (χ4v) is 3.44. The number of rotatable bonds is 7. The largest absolute Gasteiger partial charge is 1.00 e. The zero-order valence-electron chi connectivity index (χ0n) is 15.6. The van der Waals surface area contributed by atoms with Crippen LogP contribution in [0.2, 0.25) is 0 Å². The number of carboxylic acid groups (broad SMARTS) is 1. The molecule has 1 saturated heterocycles. The van der Waals surface area contributed by atoms with Crippen LogP contribution in [0.1, 0.15) is 37.7 Å². The number of hydrogen-bond donors (Lipinski definition) is 3. The second-order valence-electron chi connectivity index (χ2n) is 7.04. The van der Waals surface area contributed by atoms with Gasteiger partial charge < -0.3 is 20.5 Å². The zero-order chi connectivity index (χ0) is 18.5. The van der Waals surface area contributed by atoms with Crippen LogP contribution in [0.4, 0.5) is 0 Å². The molecule has 0 spiro atoms. The van der Waals surface area contributed by atoms with Crippen molar-refractivity contribution in [3.05, 3.63) is 35.9 Å². The fourth-order valence-electron chi connectivity index (χ4n) is 3.44. The summed E-state index contributed by atoms with van der Waals surface area (Å²) in [7, 11) is 0. The SMILES string of the molecule is O=C(NC1CCCCC1)[C@H](Cc1ccccc1)NC(=O)[C@H]1N[C@@H]1C(=O)[O-].[Na+]. The summed E-state index contributed by atoms with van der Waals surface area (Å²) in [6.45, 7) is 0. The Morgan fingerprint density at radius 3 is 2.33 bits per heavy atom. The third kappa shape index (κ3) is 6.31. The van der Waals surface area contributed by atoms with E-state index in [0.717, 1.165) is 31.2 Å². The van der Waals surface area contributed by atoms with Crippen molar-refractivity contribution in [1.82, 2.24) is 16.0 Å². The molecule has 3 N–H and O–H groups in total. The molecule has 3 atom stereocenters. The molecule has 8 heteroatoms. The quantitative estimate of drug-likeness (QED) is 0.331. The van der Waals surface area contributed by atoms with Gasteiger partial charge in [0.05, 0.1) is 12.0 Å². The van der Waals surface area contributed by atoms with Crippen LogP contribution in [0.25, 0.3) is 0 Å². The van der Waals surface area contributed by atoms with Gasteiger partial charge in [0.15, 0.2) is 0 Å². The molecule has 2 aliphatic rings. The minimum atomic E-state index is -1.31. The molecule has 1 aromatic carbocycles. The van der Waals surface area contributed by atoms with Gasteiger partial charge >= 0.3 is 29.6 Å². The van der Waals surface area contributed by atoms with Crippen LogP contribution < -0.4 is 50.6 Å². The van der Waals surface area contributed by atoms with Gasteiger partial charge in [-0.15, -0.1) is 0 Å². The van der Waals surface area contributed by atoms with Gasteiger partial charge in [0.2, 0.25) is 11.8 Å². The van der Waals surface area contributed by atoms with Crippen LogP contribution in [0.3, 0.4) is 0 Å². The number of amides is 2. The Labute approximate surface area is 181 Å². The van der Waals surface area contributed by atoms with E-state index in [2.05, 4.69) is 16.0 Å². The van der Waals surface area contributed by atoms with E-state index in [1.54, 1.807) is 0 Å². The zero-order valence-corrected chi connectivity index (χ0v) is 17.6. The second kappa shape index (κ2) is 10.2. The maximum Gasteiger partial charge on any atom is 1.00 e. The molecular formula is C19H24N3NaO4. The number of carbonyl (C=O) groups is 3. The molecule has 2 amide bonds. The topological polar surface area (TPSA) is 120 Å². The number of carboxylic acids is 1. The van der Waals surface area contributed by atoms with Crippen LogP contribution in [0.5, 0.6) is 0 Å². The summed E-state index contributed by atoms with van der Waals surface area (Å²) in [5.41, 5.74) is 0.928. The number of aliphatic carboxylic acids is 1. The average Bonchev–Trinajstić information content (AvgIpc) is 3.44.